The summed E-state index contributed by atoms with van der Waals surface area (Å²) < 4.78 is 8.65. The predicted molar refractivity (Wildman–Crippen MR) is 66.2 cm³/mol. The molecule has 0 aliphatic heterocycles. The van der Waals surface area contributed by atoms with Gasteiger partial charge in [0, 0.05) is 12.5 Å². The highest BCUT2D eigenvalue weighted by atomic mass is 16.7. The molecule has 1 aliphatic rings. The Labute approximate surface area is 111 Å². The Morgan fingerprint density at radius 2 is 2.00 bits per heavy atom. The minimum absolute atomic E-state index is 0.0116. The Balaban J connectivity index is 0.000000191. The smallest absolute Gasteiger partial charge is 0.481 e. The molecular formula is C13H18O6. The fourth-order valence-corrected chi connectivity index (χ4v) is 2.03. The van der Waals surface area contributed by atoms with E-state index in [1.807, 2.05) is 0 Å². The van der Waals surface area contributed by atoms with E-state index < -0.39 is 12.1 Å². The highest BCUT2D eigenvalue weighted by Crippen LogP contribution is 2.28. The maximum Gasteiger partial charge on any atom is 0.513 e. The lowest BCUT2D eigenvalue weighted by Gasteiger charge is -2.04. The van der Waals surface area contributed by atoms with Gasteiger partial charge in [-0.25, -0.2) is 4.79 Å². The third-order valence-corrected chi connectivity index (χ3v) is 2.92. The van der Waals surface area contributed by atoms with Crippen LogP contribution in [0.2, 0.25) is 0 Å². The van der Waals surface area contributed by atoms with Crippen molar-refractivity contribution in [2.75, 3.05) is 0 Å². The molecule has 2 N–H and O–H groups in total. The molecule has 0 atom stereocenters. The summed E-state index contributed by atoms with van der Waals surface area (Å²) in [7, 11) is 0. The van der Waals surface area contributed by atoms with Crippen LogP contribution in [0, 0.1) is 5.92 Å². The van der Waals surface area contributed by atoms with E-state index in [0.717, 1.165) is 12.3 Å². The number of carboxylic acids is 1. The zero-order valence-electron chi connectivity index (χ0n) is 10.6. The first-order valence-electron chi connectivity index (χ1n) is 6.24. The minimum Gasteiger partial charge on any atom is -0.481 e. The quantitative estimate of drug-likeness (QED) is 0.814. The minimum atomic E-state index is -1.37. The molecule has 1 aliphatic carbocycles. The van der Waals surface area contributed by atoms with Gasteiger partial charge in [0.25, 0.3) is 5.95 Å². The van der Waals surface area contributed by atoms with Gasteiger partial charge in [0.05, 0.1) is 6.26 Å². The lowest BCUT2D eigenvalue weighted by Crippen LogP contribution is -2.01. The SMILES string of the molecule is O=C(O)CCC1CCCC1.O=C(O)Oc1ccco1. The van der Waals surface area contributed by atoms with Gasteiger partial charge in [-0.2, -0.15) is 0 Å². The molecule has 0 amide bonds. The Hall–Kier alpha value is -1.98. The molecule has 0 bridgehead atoms. The van der Waals surface area contributed by atoms with Crippen molar-refractivity contribution in [3.63, 3.8) is 0 Å². The number of ether oxygens (including phenoxy) is 1. The maximum absolute atomic E-state index is 10.2. The average molecular weight is 270 g/mol. The lowest BCUT2D eigenvalue weighted by atomic mass is 10.0. The fraction of sp³-hybridized carbons (Fsp3) is 0.538. The summed E-state index contributed by atoms with van der Waals surface area (Å²) in [5, 5.41) is 16.4. The largest absolute Gasteiger partial charge is 0.513 e. The van der Waals surface area contributed by atoms with Crippen molar-refractivity contribution in [3.8, 4) is 5.95 Å². The van der Waals surface area contributed by atoms with Gasteiger partial charge in [-0.05, 0) is 18.4 Å². The summed E-state index contributed by atoms with van der Waals surface area (Å²) in [6.07, 6.45) is 6.36. The number of hydrogen-bond acceptors (Lipinski definition) is 4. The van der Waals surface area contributed by atoms with E-state index in [4.69, 9.17) is 10.2 Å². The molecule has 2 rings (SSSR count). The van der Waals surface area contributed by atoms with Crippen molar-refractivity contribution in [2.45, 2.75) is 38.5 Å². The Morgan fingerprint density at radius 1 is 1.32 bits per heavy atom. The fourth-order valence-electron chi connectivity index (χ4n) is 2.03. The Kier molecular flexibility index (Phi) is 6.49. The normalized spacial score (nSPS) is 14.5. The highest BCUT2D eigenvalue weighted by Gasteiger charge is 2.15. The van der Waals surface area contributed by atoms with Gasteiger partial charge in [0.15, 0.2) is 0 Å². The van der Waals surface area contributed by atoms with Crippen LogP contribution in [0.4, 0.5) is 4.79 Å². The van der Waals surface area contributed by atoms with Gasteiger partial charge in [-0.3, -0.25) is 4.79 Å². The molecule has 0 spiro atoms. The molecule has 1 heterocycles. The average Bonchev–Trinajstić information content (AvgIpc) is 2.98. The summed E-state index contributed by atoms with van der Waals surface area (Å²) in [6, 6.07) is 2.95. The molecule has 6 heteroatoms. The zero-order valence-corrected chi connectivity index (χ0v) is 10.6. The van der Waals surface area contributed by atoms with Crippen LogP contribution in [0.3, 0.4) is 0 Å². The molecule has 1 fully saturated rings. The number of aliphatic carboxylic acids is 1. The van der Waals surface area contributed by atoms with Crippen molar-refractivity contribution < 1.29 is 29.0 Å². The second-order valence-electron chi connectivity index (χ2n) is 4.38. The van der Waals surface area contributed by atoms with Gasteiger partial charge >= 0.3 is 12.1 Å². The molecule has 19 heavy (non-hydrogen) atoms. The molecule has 0 aromatic carbocycles. The summed E-state index contributed by atoms with van der Waals surface area (Å²) in [6.45, 7) is 0. The molecule has 1 aromatic heterocycles. The van der Waals surface area contributed by atoms with Crippen LogP contribution in [-0.2, 0) is 4.79 Å². The number of carbonyl (C=O) groups is 2. The molecule has 106 valence electrons. The van der Waals surface area contributed by atoms with Gasteiger partial charge in [0.1, 0.15) is 0 Å². The first kappa shape index (κ1) is 15.1. The molecular weight excluding hydrogens is 252 g/mol. The lowest BCUT2D eigenvalue weighted by molar-refractivity contribution is -0.137. The van der Waals surface area contributed by atoms with Crippen LogP contribution in [-0.4, -0.2) is 22.3 Å². The third-order valence-electron chi connectivity index (χ3n) is 2.92. The Morgan fingerprint density at radius 3 is 2.47 bits per heavy atom. The van der Waals surface area contributed by atoms with Crippen LogP contribution < -0.4 is 4.74 Å². The Bertz CT molecular complexity index is 378. The number of carboxylic acid groups (broad SMARTS) is 2. The molecule has 1 saturated carbocycles. The third kappa shape index (κ3) is 7.13. The van der Waals surface area contributed by atoms with E-state index in [1.54, 1.807) is 0 Å². The van der Waals surface area contributed by atoms with Crippen LogP contribution in [0.25, 0.3) is 0 Å². The molecule has 1 aromatic rings. The van der Waals surface area contributed by atoms with E-state index in [9.17, 15) is 9.59 Å². The highest BCUT2D eigenvalue weighted by molar-refractivity contribution is 5.66. The van der Waals surface area contributed by atoms with Crippen molar-refractivity contribution >= 4 is 12.1 Å². The van der Waals surface area contributed by atoms with Crippen LogP contribution in [0.1, 0.15) is 38.5 Å². The molecule has 0 radical (unpaired) electrons. The van der Waals surface area contributed by atoms with E-state index in [2.05, 4.69) is 9.15 Å². The molecule has 0 saturated heterocycles. The van der Waals surface area contributed by atoms with Crippen LogP contribution in [0.15, 0.2) is 22.8 Å². The van der Waals surface area contributed by atoms with Crippen LogP contribution >= 0.6 is 0 Å². The van der Waals surface area contributed by atoms with E-state index in [-0.39, 0.29) is 5.95 Å². The van der Waals surface area contributed by atoms with E-state index in [1.165, 1.54) is 44.1 Å². The van der Waals surface area contributed by atoms with E-state index in [0.29, 0.717) is 6.42 Å². The summed E-state index contributed by atoms with van der Waals surface area (Å²) >= 11 is 0. The van der Waals surface area contributed by atoms with Gasteiger partial charge in [-0.1, -0.05) is 25.7 Å². The summed E-state index contributed by atoms with van der Waals surface area (Å²) in [5.74, 6) is 0.0606. The second-order valence-corrected chi connectivity index (χ2v) is 4.38. The van der Waals surface area contributed by atoms with Crippen molar-refractivity contribution in [2.24, 2.45) is 5.92 Å². The van der Waals surface area contributed by atoms with Gasteiger partial charge < -0.3 is 19.4 Å². The summed E-state index contributed by atoms with van der Waals surface area (Å²) in [5.41, 5.74) is 0. The first-order valence-corrected chi connectivity index (χ1v) is 6.24. The zero-order chi connectivity index (χ0) is 14.1. The molecule has 0 unspecified atom stereocenters. The second kappa shape index (κ2) is 8.18. The maximum atomic E-state index is 10.2. The topological polar surface area (TPSA) is 97.0 Å². The monoisotopic (exact) mass is 270 g/mol. The number of hydrogen-bond donors (Lipinski definition) is 2. The number of furan rings is 1. The van der Waals surface area contributed by atoms with Crippen molar-refractivity contribution in [1.82, 2.24) is 0 Å². The van der Waals surface area contributed by atoms with E-state index >= 15 is 0 Å². The van der Waals surface area contributed by atoms with Crippen molar-refractivity contribution in [3.05, 3.63) is 18.4 Å². The first-order chi connectivity index (χ1) is 9.08. The van der Waals surface area contributed by atoms with Crippen molar-refractivity contribution in [1.29, 1.82) is 0 Å². The number of rotatable bonds is 4. The summed E-state index contributed by atoms with van der Waals surface area (Å²) in [4.78, 5) is 19.9. The van der Waals surface area contributed by atoms with Crippen LogP contribution in [0.5, 0.6) is 5.95 Å². The standard InChI is InChI=1S/C8H14O2.C5H4O4/c9-8(10)6-5-7-3-1-2-4-7;6-5(7)9-4-2-1-3-8-4/h7H,1-6H2,(H,9,10);1-3H,(H,6,7). The van der Waals surface area contributed by atoms with Gasteiger partial charge in [0.2, 0.25) is 0 Å². The molecule has 6 nitrogen and oxygen atoms in total. The van der Waals surface area contributed by atoms with Gasteiger partial charge in [-0.15, -0.1) is 0 Å². The predicted octanol–water partition coefficient (Wildman–Crippen LogP) is 3.38.